The van der Waals surface area contributed by atoms with Crippen LogP contribution in [0.4, 0.5) is 5.82 Å². The van der Waals surface area contributed by atoms with Gasteiger partial charge >= 0.3 is 0 Å². The molecule has 25 heavy (non-hydrogen) atoms. The Morgan fingerprint density at radius 1 is 1.36 bits per heavy atom. The molecule has 0 bridgehead atoms. The second-order valence-electron chi connectivity index (χ2n) is 6.41. The van der Waals surface area contributed by atoms with Crippen molar-refractivity contribution in [2.24, 2.45) is 11.8 Å². The number of carbonyl (C=O) groups excluding carboxylic acids is 2. The van der Waals surface area contributed by atoms with Crippen molar-refractivity contribution in [1.82, 2.24) is 15.1 Å². The molecule has 3 rings (SSSR count). The van der Waals surface area contributed by atoms with Gasteiger partial charge in [-0.25, -0.2) is 4.68 Å². The largest absolute Gasteiger partial charge is 0.355 e. The molecule has 2 aromatic rings. The summed E-state index contributed by atoms with van der Waals surface area (Å²) in [5.74, 6) is 1.17. The minimum atomic E-state index is -0.139. The van der Waals surface area contributed by atoms with E-state index in [4.69, 9.17) is 0 Å². The first kappa shape index (κ1) is 17.7. The molecule has 0 unspecified atom stereocenters. The number of halogens is 1. The third-order valence-corrected chi connectivity index (χ3v) is 4.80. The number of rotatable bonds is 7. The lowest BCUT2D eigenvalue weighted by atomic mass is 10.2. The van der Waals surface area contributed by atoms with Gasteiger partial charge in [0.25, 0.3) is 0 Å². The van der Waals surface area contributed by atoms with Crippen LogP contribution < -0.4 is 10.6 Å². The van der Waals surface area contributed by atoms with Gasteiger partial charge < -0.3 is 10.6 Å². The molecule has 132 valence electrons. The predicted molar refractivity (Wildman–Crippen MR) is 99.0 cm³/mol. The Balaban J connectivity index is 1.48. The van der Waals surface area contributed by atoms with Crippen LogP contribution in [0.25, 0.3) is 0 Å². The lowest BCUT2D eigenvalue weighted by Crippen LogP contribution is -2.29. The first-order chi connectivity index (χ1) is 12.0. The molecule has 1 heterocycles. The number of carbonyl (C=O) groups is 2. The number of anilines is 1. The fourth-order valence-electron chi connectivity index (χ4n) is 2.70. The van der Waals surface area contributed by atoms with Crippen LogP contribution in [0.15, 0.2) is 41.0 Å². The molecule has 0 radical (unpaired) electrons. The first-order valence-corrected chi connectivity index (χ1v) is 9.16. The second-order valence-corrected chi connectivity index (χ2v) is 7.33. The van der Waals surface area contributed by atoms with E-state index in [-0.39, 0.29) is 24.2 Å². The number of hydrogen-bond donors (Lipinski definition) is 2. The van der Waals surface area contributed by atoms with Gasteiger partial charge in [0.15, 0.2) is 0 Å². The Morgan fingerprint density at radius 2 is 2.16 bits per heavy atom. The van der Waals surface area contributed by atoms with E-state index >= 15 is 0 Å². The van der Waals surface area contributed by atoms with Gasteiger partial charge in [0.05, 0.1) is 12.7 Å². The molecule has 1 aliphatic rings. The fourth-order valence-corrected chi connectivity index (χ4v) is 3.14. The zero-order valence-corrected chi connectivity index (χ0v) is 15.6. The number of nitrogens with zero attached hydrogens (tertiary/aromatic N) is 2. The molecule has 0 saturated heterocycles. The van der Waals surface area contributed by atoms with Gasteiger partial charge in [-0.2, -0.15) is 5.10 Å². The number of nitrogens with one attached hydrogen (secondary N) is 2. The summed E-state index contributed by atoms with van der Waals surface area (Å²) >= 11 is 3.45. The van der Waals surface area contributed by atoms with Crippen LogP contribution >= 0.6 is 15.9 Å². The SMILES string of the molecule is C[C@H]1C[C@@H]1C(=O)NCCC(=O)Nc1ccnn1Cc1cccc(Br)c1. The molecule has 1 saturated carbocycles. The van der Waals surface area contributed by atoms with Crippen LogP contribution in [0, 0.1) is 11.8 Å². The summed E-state index contributed by atoms with van der Waals surface area (Å²) in [6.07, 6.45) is 2.85. The average Bonchev–Trinajstić information content (AvgIpc) is 3.15. The van der Waals surface area contributed by atoms with Gasteiger partial charge in [-0.3, -0.25) is 9.59 Å². The Morgan fingerprint density at radius 3 is 2.88 bits per heavy atom. The van der Waals surface area contributed by atoms with E-state index in [9.17, 15) is 9.59 Å². The molecule has 0 spiro atoms. The van der Waals surface area contributed by atoms with Gasteiger partial charge in [-0.1, -0.05) is 35.0 Å². The van der Waals surface area contributed by atoms with Crippen LogP contribution in [0.1, 0.15) is 25.3 Å². The molecule has 6 nitrogen and oxygen atoms in total. The van der Waals surface area contributed by atoms with Crippen molar-refractivity contribution < 1.29 is 9.59 Å². The highest BCUT2D eigenvalue weighted by Crippen LogP contribution is 2.37. The van der Waals surface area contributed by atoms with E-state index in [0.29, 0.717) is 24.8 Å². The minimum Gasteiger partial charge on any atom is -0.355 e. The maximum atomic E-state index is 12.1. The van der Waals surface area contributed by atoms with Gasteiger partial charge in [-0.05, 0) is 30.0 Å². The van der Waals surface area contributed by atoms with Crippen LogP contribution in [0.5, 0.6) is 0 Å². The summed E-state index contributed by atoms with van der Waals surface area (Å²) in [4.78, 5) is 23.8. The smallest absolute Gasteiger partial charge is 0.227 e. The van der Waals surface area contributed by atoms with E-state index in [1.165, 1.54) is 0 Å². The molecular weight excluding hydrogens is 384 g/mol. The van der Waals surface area contributed by atoms with Crippen LogP contribution in [0.2, 0.25) is 0 Å². The molecule has 0 aliphatic heterocycles. The normalized spacial score (nSPS) is 18.6. The third-order valence-electron chi connectivity index (χ3n) is 4.30. The highest BCUT2D eigenvalue weighted by Gasteiger charge is 2.38. The summed E-state index contributed by atoms with van der Waals surface area (Å²) in [5.41, 5.74) is 1.08. The monoisotopic (exact) mass is 404 g/mol. The average molecular weight is 405 g/mol. The standard InChI is InChI=1S/C18H21BrN4O2/c1-12-9-15(12)18(25)20-7-6-17(24)22-16-5-8-21-23(16)11-13-3-2-4-14(19)10-13/h2-5,8,10,12,15H,6-7,9,11H2,1H3,(H,20,25)(H,22,24)/t12-,15-/m0/s1. The van der Waals surface area contributed by atoms with E-state index in [1.807, 2.05) is 24.3 Å². The third kappa shape index (κ3) is 4.92. The Hall–Kier alpha value is -2.15. The molecule has 2 atom stereocenters. The van der Waals surface area contributed by atoms with E-state index in [2.05, 4.69) is 38.6 Å². The molecule has 1 aromatic carbocycles. The predicted octanol–water partition coefficient (Wildman–Crippen LogP) is 2.79. The van der Waals surface area contributed by atoms with Crippen LogP contribution in [-0.2, 0) is 16.1 Å². The van der Waals surface area contributed by atoms with Gasteiger partial charge in [-0.15, -0.1) is 0 Å². The second kappa shape index (κ2) is 7.82. The molecule has 1 aromatic heterocycles. The van der Waals surface area contributed by atoms with E-state index in [0.717, 1.165) is 16.5 Å². The molecule has 1 fully saturated rings. The van der Waals surface area contributed by atoms with Crippen molar-refractivity contribution in [2.75, 3.05) is 11.9 Å². The van der Waals surface area contributed by atoms with Crippen molar-refractivity contribution >= 4 is 33.6 Å². The minimum absolute atomic E-state index is 0.0556. The Kier molecular flexibility index (Phi) is 5.53. The van der Waals surface area contributed by atoms with Crippen LogP contribution in [0.3, 0.4) is 0 Å². The Labute approximate surface area is 155 Å². The van der Waals surface area contributed by atoms with Crippen molar-refractivity contribution in [1.29, 1.82) is 0 Å². The van der Waals surface area contributed by atoms with Gasteiger partial charge in [0.2, 0.25) is 11.8 Å². The number of amides is 2. The zero-order chi connectivity index (χ0) is 17.8. The van der Waals surface area contributed by atoms with Crippen molar-refractivity contribution in [3.8, 4) is 0 Å². The first-order valence-electron chi connectivity index (χ1n) is 8.37. The summed E-state index contributed by atoms with van der Waals surface area (Å²) in [6, 6.07) is 9.71. The molecule has 2 N–H and O–H groups in total. The summed E-state index contributed by atoms with van der Waals surface area (Å²) in [5, 5.41) is 9.93. The van der Waals surface area contributed by atoms with Crippen molar-refractivity contribution in [2.45, 2.75) is 26.3 Å². The quantitative estimate of drug-likeness (QED) is 0.744. The summed E-state index contributed by atoms with van der Waals surface area (Å²) in [6.45, 7) is 2.98. The fraction of sp³-hybridized carbons (Fsp3) is 0.389. The highest BCUT2D eigenvalue weighted by molar-refractivity contribution is 9.10. The van der Waals surface area contributed by atoms with Gasteiger partial charge in [0.1, 0.15) is 5.82 Å². The highest BCUT2D eigenvalue weighted by atomic mass is 79.9. The molecule has 2 amide bonds. The molecular formula is C18H21BrN4O2. The van der Waals surface area contributed by atoms with E-state index < -0.39 is 0 Å². The molecule has 7 heteroatoms. The van der Waals surface area contributed by atoms with Crippen LogP contribution in [-0.4, -0.2) is 28.1 Å². The van der Waals surface area contributed by atoms with Crippen molar-refractivity contribution in [3.05, 3.63) is 46.6 Å². The zero-order valence-electron chi connectivity index (χ0n) is 14.0. The van der Waals surface area contributed by atoms with Gasteiger partial charge in [0, 0.05) is 29.4 Å². The topological polar surface area (TPSA) is 76.0 Å². The molecule has 1 aliphatic carbocycles. The summed E-state index contributed by atoms with van der Waals surface area (Å²) in [7, 11) is 0. The number of hydrogen-bond acceptors (Lipinski definition) is 3. The summed E-state index contributed by atoms with van der Waals surface area (Å²) < 4.78 is 2.74. The maximum absolute atomic E-state index is 12.1. The lowest BCUT2D eigenvalue weighted by molar-refractivity contribution is -0.122. The number of benzene rings is 1. The number of aromatic nitrogens is 2. The van der Waals surface area contributed by atoms with E-state index in [1.54, 1.807) is 16.9 Å². The van der Waals surface area contributed by atoms with Crippen molar-refractivity contribution in [3.63, 3.8) is 0 Å². The maximum Gasteiger partial charge on any atom is 0.227 e. The lowest BCUT2D eigenvalue weighted by Gasteiger charge is -2.10. The Bertz CT molecular complexity index is 774.